The van der Waals surface area contributed by atoms with Gasteiger partial charge in [0.25, 0.3) is 0 Å². The molecular weight excluding hydrogens is 284 g/mol. The fraction of sp³-hybridized carbons (Fsp3) is 0.625. The summed E-state index contributed by atoms with van der Waals surface area (Å²) in [6.45, 7) is 9.71. The quantitative estimate of drug-likeness (QED) is 0.668. The van der Waals surface area contributed by atoms with Crippen molar-refractivity contribution in [1.29, 1.82) is 0 Å². The molecule has 0 atom stereocenters. The standard InChI is InChI=1S/C16H22F4O/c1-14(2,3)10-7-11(15(4,5)6)13(12(17)8-10)21-9-16(18,19)20/h7-8H,9H2,1-6H3. The number of benzene rings is 1. The van der Waals surface area contributed by atoms with E-state index in [1.54, 1.807) is 6.07 Å². The van der Waals surface area contributed by atoms with Gasteiger partial charge in [0.1, 0.15) is 0 Å². The molecule has 0 radical (unpaired) electrons. The third-order valence-electron chi connectivity index (χ3n) is 3.10. The average Bonchev–Trinajstić information content (AvgIpc) is 2.22. The van der Waals surface area contributed by atoms with Crippen molar-refractivity contribution >= 4 is 0 Å². The molecule has 0 bridgehead atoms. The minimum atomic E-state index is -4.50. The smallest absolute Gasteiger partial charge is 0.422 e. The van der Waals surface area contributed by atoms with Crippen molar-refractivity contribution in [3.8, 4) is 5.75 Å². The van der Waals surface area contributed by atoms with E-state index in [9.17, 15) is 17.6 Å². The number of rotatable bonds is 2. The Morgan fingerprint density at radius 3 is 1.81 bits per heavy atom. The molecule has 0 fully saturated rings. The second-order valence-corrected chi connectivity index (χ2v) is 7.24. The Morgan fingerprint density at radius 1 is 0.905 bits per heavy atom. The first-order chi connectivity index (χ1) is 9.22. The molecule has 5 heteroatoms. The van der Waals surface area contributed by atoms with Crippen LogP contribution in [0.15, 0.2) is 12.1 Å². The molecule has 120 valence electrons. The molecule has 0 spiro atoms. The van der Waals surface area contributed by atoms with Gasteiger partial charge in [-0.2, -0.15) is 13.2 Å². The molecule has 0 aliphatic carbocycles. The van der Waals surface area contributed by atoms with Crippen molar-refractivity contribution in [3.05, 3.63) is 29.1 Å². The van der Waals surface area contributed by atoms with Crippen LogP contribution in [0.4, 0.5) is 17.6 Å². The summed E-state index contributed by atoms with van der Waals surface area (Å²) in [7, 11) is 0. The number of alkyl halides is 3. The van der Waals surface area contributed by atoms with Crippen LogP contribution in [0.25, 0.3) is 0 Å². The van der Waals surface area contributed by atoms with Gasteiger partial charge in [0, 0.05) is 5.56 Å². The fourth-order valence-electron chi connectivity index (χ4n) is 1.88. The second-order valence-electron chi connectivity index (χ2n) is 7.24. The van der Waals surface area contributed by atoms with Crippen LogP contribution in [0.5, 0.6) is 5.75 Å². The maximum atomic E-state index is 14.3. The van der Waals surface area contributed by atoms with Gasteiger partial charge in [-0.1, -0.05) is 47.6 Å². The predicted molar refractivity (Wildman–Crippen MR) is 75.4 cm³/mol. The number of ether oxygens (including phenoxy) is 1. The van der Waals surface area contributed by atoms with E-state index in [1.807, 2.05) is 41.5 Å². The molecule has 0 aliphatic rings. The summed E-state index contributed by atoms with van der Waals surface area (Å²) in [6.07, 6.45) is -4.50. The average molecular weight is 306 g/mol. The van der Waals surface area contributed by atoms with Crippen LogP contribution < -0.4 is 4.74 Å². The lowest BCUT2D eigenvalue weighted by molar-refractivity contribution is -0.154. The lowest BCUT2D eigenvalue weighted by atomic mass is 9.80. The zero-order valence-corrected chi connectivity index (χ0v) is 13.3. The largest absolute Gasteiger partial charge is 0.481 e. The van der Waals surface area contributed by atoms with E-state index in [2.05, 4.69) is 0 Å². The highest BCUT2D eigenvalue weighted by Gasteiger charge is 2.32. The molecule has 0 saturated heterocycles. The topological polar surface area (TPSA) is 9.23 Å². The summed E-state index contributed by atoms with van der Waals surface area (Å²) in [6, 6.07) is 2.98. The molecule has 0 aromatic heterocycles. The molecule has 1 aromatic rings. The monoisotopic (exact) mass is 306 g/mol. The molecule has 0 amide bonds. The van der Waals surface area contributed by atoms with Crippen molar-refractivity contribution in [2.24, 2.45) is 0 Å². The van der Waals surface area contributed by atoms with Crippen molar-refractivity contribution in [2.75, 3.05) is 6.61 Å². The van der Waals surface area contributed by atoms with Gasteiger partial charge in [0.05, 0.1) is 0 Å². The second kappa shape index (κ2) is 5.50. The molecule has 0 saturated carbocycles. The number of hydrogen-bond donors (Lipinski definition) is 0. The summed E-state index contributed by atoms with van der Waals surface area (Å²) in [4.78, 5) is 0. The first-order valence-corrected chi connectivity index (χ1v) is 6.76. The van der Waals surface area contributed by atoms with Gasteiger partial charge >= 0.3 is 6.18 Å². The Labute approximate surface area is 123 Å². The van der Waals surface area contributed by atoms with E-state index in [0.29, 0.717) is 5.56 Å². The highest BCUT2D eigenvalue weighted by atomic mass is 19.4. The van der Waals surface area contributed by atoms with E-state index in [1.165, 1.54) is 6.07 Å². The van der Waals surface area contributed by atoms with Crippen molar-refractivity contribution in [2.45, 2.75) is 58.5 Å². The highest BCUT2D eigenvalue weighted by molar-refractivity contribution is 5.44. The molecule has 21 heavy (non-hydrogen) atoms. The minimum Gasteiger partial charge on any atom is -0.481 e. The van der Waals surface area contributed by atoms with Crippen LogP contribution in [0.2, 0.25) is 0 Å². The van der Waals surface area contributed by atoms with Crippen LogP contribution in [0.1, 0.15) is 52.7 Å². The number of halogens is 4. The fourth-order valence-corrected chi connectivity index (χ4v) is 1.88. The molecule has 0 unspecified atom stereocenters. The molecule has 1 rings (SSSR count). The van der Waals surface area contributed by atoms with Gasteiger partial charge in [-0.05, 0) is 22.5 Å². The molecule has 0 N–H and O–H groups in total. The summed E-state index contributed by atoms with van der Waals surface area (Å²) >= 11 is 0. The van der Waals surface area contributed by atoms with Crippen LogP contribution >= 0.6 is 0 Å². The van der Waals surface area contributed by atoms with Gasteiger partial charge in [-0.25, -0.2) is 4.39 Å². The number of hydrogen-bond acceptors (Lipinski definition) is 1. The van der Waals surface area contributed by atoms with Gasteiger partial charge < -0.3 is 4.74 Å². The van der Waals surface area contributed by atoms with Gasteiger partial charge in [-0.3, -0.25) is 0 Å². The summed E-state index contributed by atoms with van der Waals surface area (Å²) in [5.74, 6) is -1.07. The van der Waals surface area contributed by atoms with Crippen molar-refractivity contribution in [3.63, 3.8) is 0 Å². The maximum absolute atomic E-state index is 14.3. The first kappa shape index (κ1) is 17.8. The van der Waals surface area contributed by atoms with Gasteiger partial charge in [0.15, 0.2) is 18.2 Å². The Hall–Kier alpha value is -1.26. The Morgan fingerprint density at radius 2 is 1.43 bits per heavy atom. The SMILES string of the molecule is CC(C)(C)c1cc(F)c(OCC(F)(F)F)c(C(C)(C)C)c1. The van der Waals surface area contributed by atoms with Crippen LogP contribution in [0.3, 0.4) is 0 Å². The molecule has 1 aromatic carbocycles. The lowest BCUT2D eigenvalue weighted by Gasteiger charge is -2.27. The Balaban J connectivity index is 3.36. The van der Waals surface area contributed by atoms with E-state index < -0.39 is 24.0 Å². The zero-order valence-electron chi connectivity index (χ0n) is 13.3. The van der Waals surface area contributed by atoms with Crippen LogP contribution in [-0.2, 0) is 10.8 Å². The lowest BCUT2D eigenvalue weighted by Crippen LogP contribution is -2.23. The normalized spacial score (nSPS) is 13.4. The zero-order chi connectivity index (χ0) is 16.6. The Bertz CT molecular complexity index is 505. The minimum absolute atomic E-state index is 0.302. The maximum Gasteiger partial charge on any atom is 0.422 e. The van der Waals surface area contributed by atoms with E-state index in [4.69, 9.17) is 4.74 Å². The van der Waals surface area contributed by atoms with E-state index >= 15 is 0 Å². The van der Waals surface area contributed by atoms with Crippen molar-refractivity contribution < 1.29 is 22.3 Å². The van der Waals surface area contributed by atoms with Crippen LogP contribution in [-0.4, -0.2) is 12.8 Å². The third kappa shape index (κ3) is 4.90. The van der Waals surface area contributed by atoms with E-state index in [-0.39, 0.29) is 11.2 Å². The van der Waals surface area contributed by atoms with Gasteiger partial charge in [-0.15, -0.1) is 0 Å². The summed E-state index contributed by atoms with van der Waals surface area (Å²) < 4.78 is 55.9. The van der Waals surface area contributed by atoms with Crippen LogP contribution in [0, 0.1) is 5.82 Å². The predicted octanol–water partition coefficient (Wildman–Crippen LogP) is 5.36. The first-order valence-electron chi connectivity index (χ1n) is 6.76. The molecular formula is C16H22F4O. The van der Waals surface area contributed by atoms with Gasteiger partial charge in [0.2, 0.25) is 0 Å². The van der Waals surface area contributed by atoms with Crippen molar-refractivity contribution in [1.82, 2.24) is 0 Å². The third-order valence-corrected chi connectivity index (χ3v) is 3.10. The molecule has 1 nitrogen and oxygen atoms in total. The molecule has 0 aliphatic heterocycles. The molecule has 0 heterocycles. The van der Waals surface area contributed by atoms with E-state index in [0.717, 1.165) is 5.56 Å². The summed E-state index contributed by atoms with van der Waals surface area (Å²) in [5.41, 5.74) is 0.341. The summed E-state index contributed by atoms with van der Waals surface area (Å²) in [5, 5.41) is 0. The highest BCUT2D eigenvalue weighted by Crippen LogP contribution is 2.38. The Kier molecular flexibility index (Phi) is 4.66.